The molecular weight excluding hydrogens is 294 g/mol. The van der Waals surface area contributed by atoms with E-state index in [0.29, 0.717) is 23.0 Å². The molecule has 1 atom stereocenters. The first-order chi connectivity index (χ1) is 11.2. The van der Waals surface area contributed by atoms with Gasteiger partial charge in [-0.1, -0.05) is 0 Å². The molecule has 1 aromatic heterocycles. The van der Waals surface area contributed by atoms with E-state index in [2.05, 4.69) is 17.1 Å². The van der Waals surface area contributed by atoms with E-state index in [-0.39, 0.29) is 12.7 Å². The highest BCUT2D eigenvalue weighted by Gasteiger charge is 2.28. The van der Waals surface area contributed by atoms with Crippen molar-refractivity contribution in [1.82, 2.24) is 15.1 Å². The third-order valence-electron chi connectivity index (χ3n) is 4.60. The van der Waals surface area contributed by atoms with Crippen LogP contribution < -0.4 is 9.47 Å². The van der Waals surface area contributed by atoms with E-state index in [9.17, 15) is 4.79 Å². The molecule has 1 amide bonds. The molecule has 120 valence electrons. The lowest BCUT2D eigenvalue weighted by Crippen LogP contribution is -2.39. The number of aromatic nitrogens is 2. The average Bonchev–Trinajstić information content (AvgIpc) is 3.22. The highest BCUT2D eigenvalue weighted by Crippen LogP contribution is 2.34. The van der Waals surface area contributed by atoms with Crippen LogP contribution in [0.4, 0.5) is 0 Å². The van der Waals surface area contributed by atoms with Gasteiger partial charge < -0.3 is 14.4 Å². The van der Waals surface area contributed by atoms with Crippen molar-refractivity contribution in [2.45, 2.75) is 25.7 Å². The van der Waals surface area contributed by atoms with Crippen molar-refractivity contribution in [3.63, 3.8) is 0 Å². The number of amides is 1. The Balaban J connectivity index is 1.53. The maximum atomic E-state index is 12.8. The highest BCUT2D eigenvalue weighted by atomic mass is 16.7. The minimum absolute atomic E-state index is 0.0465. The molecule has 2 aromatic rings. The van der Waals surface area contributed by atoms with Gasteiger partial charge in [-0.05, 0) is 43.5 Å². The molecule has 1 unspecified atom stereocenters. The Morgan fingerprint density at radius 2 is 2.22 bits per heavy atom. The summed E-state index contributed by atoms with van der Waals surface area (Å²) < 4.78 is 10.7. The number of carbonyl (C=O) groups excluding carboxylic acids is 1. The van der Waals surface area contributed by atoms with Gasteiger partial charge in [-0.15, -0.1) is 0 Å². The van der Waals surface area contributed by atoms with Crippen LogP contribution in [0, 0.1) is 6.92 Å². The zero-order valence-electron chi connectivity index (χ0n) is 13.0. The molecule has 1 aromatic carbocycles. The number of likely N-dealkylation sites (tertiary alicyclic amines) is 1. The number of carbonyl (C=O) groups is 1. The van der Waals surface area contributed by atoms with Crippen molar-refractivity contribution in [2.24, 2.45) is 0 Å². The number of nitrogens with one attached hydrogen (secondary N) is 1. The number of piperidine rings is 1. The SMILES string of the molecule is Cc1cn[nH]c1C1CCCN(C(=O)c2ccc3c(c2)OCO3)C1. The standard InChI is InChI=1S/C17H19N3O3/c1-11-8-18-19-16(11)13-3-2-6-20(9-13)17(21)12-4-5-14-15(7-12)23-10-22-14/h4-5,7-8,13H,2-3,6,9-10H2,1H3,(H,18,19). The van der Waals surface area contributed by atoms with Crippen LogP contribution in [0.15, 0.2) is 24.4 Å². The van der Waals surface area contributed by atoms with E-state index in [1.165, 1.54) is 0 Å². The van der Waals surface area contributed by atoms with Crippen LogP contribution in [0.3, 0.4) is 0 Å². The van der Waals surface area contributed by atoms with Crippen LogP contribution in [-0.4, -0.2) is 40.9 Å². The lowest BCUT2D eigenvalue weighted by molar-refractivity contribution is 0.0705. The molecule has 1 fully saturated rings. The summed E-state index contributed by atoms with van der Waals surface area (Å²) in [5, 5.41) is 7.19. The Morgan fingerprint density at radius 3 is 3.04 bits per heavy atom. The van der Waals surface area contributed by atoms with E-state index in [1.807, 2.05) is 11.1 Å². The minimum Gasteiger partial charge on any atom is -0.454 e. The summed E-state index contributed by atoms with van der Waals surface area (Å²) >= 11 is 0. The third-order valence-corrected chi connectivity index (χ3v) is 4.60. The third kappa shape index (κ3) is 2.54. The lowest BCUT2D eigenvalue weighted by atomic mass is 9.92. The molecule has 0 aliphatic carbocycles. The molecule has 2 aliphatic heterocycles. The fourth-order valence-corrected chi connectivity index (χ4v) is 3.38. The van der Waals surface area contributed by atoms with E-state index in [0.717, 1.165) is 37.2 Å². The maximum Gasteiger partial charge on any atom is 0.254 e. The minimum atomic E-state index is 0.0465. The van der Waals surface area contributed by atoms with Crippen LogP contribution in [0.1, 0.15) is 40.4 Å². The lowest BCUT2D eigenvalue weighted by Gasteiger charge is -2.32. The van der Waals surface area contributed by atoms with Gasteiger partial charge in [0.1, 0.15) is 0 Å². The van der Waals surface area contributed by atoms with Crippen LogP contribution in [-0.2, 0) is 0 Å². The van der Waals surface area contributed by atoms with E-state index < -0.39 is 0 Å². The molecule has 0 bridgehead atoms. The maximum absolute atomic E-state index is 12.8. The van der Waals surface area contributed by atoms with E-state index >= 15 is 0 Å². The average molecular weight is 313 g/mol. The molecule has 1 saturated heterocycles. The van der Waals surface area contributed by atoms with Crippen molar-refractivity contribution < 1.29 is 14.3 Å². The van der Waals surface area contributed by atoms with Gasteiger partial charge in [0, 0.05) is 30.3 Å². The second-order valence-electron chi connectivity index (χ2n) is 6.13. The highest BCUT2D eigenvalue weighted by molar-refractivity contribution is 5.95. The topological polar surface area (TPSA) is 67.5 Å². The predicted octanol–water partition coefficient (Wildman–Crippen LogP) is 2.47. The summed E-state index contributed by atoms with van der Waals surface area (Å²) in [7, 11) is 0. The zero-order valence-corrected chi connectivity index (χ0v) is 13.0. The quantitative estimate of drug-likeness (QED) is 0.925. The Morgan fingerprint density at radius 1 is 1.35 bits per heavy atom. The van der Waals surface area contributed by atoms with E-state index in [4.69, 9.17) is 9.47 Å². The first kappa shape index (κ1) is 14.1. The number of aromatic amines is 1. The largest absolute Gasteiger partial charge is 0.454 e. The fourth-order valence-electron chi connectivity index (χ4n) is 3.38. The molecule has 0 saturated carbocycles. The van der Waals surface area contributed by atoms with Crippen molar-refractivity contribution in [2.75, 3.05) is 19.9 Å². The Labute approximate surface area is 134 Å². The number of H-pyrrole nitrogens is 1. The summed E-state index contributed by atoms with van der Waals surface area (Å²) in [6.07, 6.45) is 3.92. The van der Waals surface area contributed by atoms with Crippen molar-refractivity contribution in [3.8, 4) is 11.5 Å². The summed E-state index contributed by atoms with van der Waals surface area (Å²) in [6.45, 7) is 3.78. The van der Waals surface area contributed by atoms with Crippen molar-refractivity contribution in [1.29, 1.82) is 0 Å². The van der Waals surface area contributed by atoms with Gasteiger partial charge in [-0.25, -0.2) is 0 Å². The number of fused-ring (bicyclic) bond motifs is 1. The summed E-state index contributed by atoms with van der Waals surface area (Å²) in [5.41, 5.74) is 2.96. The molecular formula is C17H19N3O3. The summed E-state index contributed by atoms with van der Waals surface area (Å²) in [4.78, 5) is 14.7. The molecule has 6 nitrogen and oxygen atoms in total. The smallest absolute Gasteiger partial charge is 0.254 e. The Bertz CT molecular complexity index is 740. The first-order valence-corrected chi connectivity index (χ1v) is 7.91. The second kappa shape index (κ2) is 5.61. The van der Waals surface area contributed by atoms with Crippen LogP contribution in [0.5, 0.6) is 11.5 Å². The van der Waals surface area contributed by atoms with Crippen LogP contribution in [0.2, 0.25) is 0 Å². The molecule has 1 N–H and O–H groups in total. The Kier molecular flexibility index (Phi) is 3.44. The van der Waals surface area contributed by atoms with Crippen LogP contribution in [0.25, 0.3) is 0 Å². The van der Waals surface area contributed by atoms with Gasteiger partial charge in [-0.2, -0.15) is 5.10 Å². The normalized spacial score (nSPS) is 19.9. The number of hydrogen-bond acceptors (Lipinski definition) is 4. The van der Waals surface area contributed by atoms with Gasteiger partial charge in [-0.3, -0.25) is 9.89 Å². The second-order valence-corrected chi connectivity index (χ2v) is 6.13. The van der Waals surface area contributed by atoms with Gasteiger partial charge in [0.25, 0.3) is 5.91 Å². The van der Waals surface area contributed by atoms with Crippen LogP contribution >= 0.6 is 0 Å². The van der Waals surface area contributed by atoms with Gasteiger partial charge >= 0.3 is 0 Å². The summed E-state index contributed by atoms with van der Waals surface area (Å²) in [5.74, 6) is 1.72. The molecule has 2 aliphatic rings. The van der Waals surface area contributed by atoms with Gasteiger partial charge in [0.05, 0.1) is 6.20 Å². The summed E-state index contributed by atoms with van der Waals surface area (Å²) in [6, 6.07) is 5.38. The molecule has 23 heavy (non-hydrogen) atoms. The molecule has 3 heterocycles. The van der Waals surface area contributed by atoms with Gasteiger partial charge in [0.2, 0.25) is 6.79 Å². The molecule has 4 rings (SSSR count). The van der Waals surface area contributed by atoms with Crippen molar-refractivity contribution in [3.05, 3.63) is 41.2 Å². The number of benzene rings is 1. The number of ether oxygens (including phenoxy) is 2. The molecule has 0 spiro atoms. The first-order valence-electron chi connectivity index (χ1n) is 7.91. The fraction of sp³-hybridized carbons (Fsp3) is 0.412. The number of nitrogens with zero attached hydrogens (tertiary/aromatic N) is 2. The monoisotopic (exact) mass is 313 g/mol. The number of rotatable bonds is 2. The number of aryl methyl sites for hydroxylation is 1. The molecule has 6 heteroatoms. The zero-order chi connectivity index (χ0) is 15.8. The molecule has 0 radical (unpaired) electrons. The predicted molar refractivity (Wildman–Crippen MR) is 83.8 cm³/mol. The number of hydrogen-bond donors (Lipinski definition) is 1. The van der Waals surface area contributed by atoms with Crippen molar-refractivity contribution >= 4 is 5.91 Å². The van der Waals surface area contributed by atoms with Gasteiger partial charge in [0.15, 0.2) is 11.5 Å². The Hall–Kier alpha value is -2.50. The van der Waals surface area contributed by atoms with E-state index in [1.54, 1.807) is 18.2 Å².